The fourth-order valence-corrected chi connectivity index (χ4v) is 2.18. The number of aromatic amines is 1. The molecule has 0 aromatic carbocycles. The molecule has 0 aliphatic rings. The smallest absolute Gasteiger partial charge is 0.338 e. The van der Waals surface area contributed by atoms with Crippen LogP contribution in [-0.2, 0) is 0 Å². The van der Waals surface area contributed by atoms with Crippen LogP contribution in [0.1, 0.15) is 46.2 Å². The van der Waals surface area contributed by atoms with E-state index in [4.69, 9.17) is 0 Å². The highest BCUT2D eigenvalue weighted by atomic mass is 16.4. The Kier molecular flexibility index (Phi) is 3.46. The molecule has 5 nitrogen and oxygen atoms in total. The van der Waals surface area contributed by atoms with Crippen molar-refractivity contribution in [1.82, 2.24) is 9.97 Å². The van der Waals surface area contributed by atoms with Crippen molar-refractivity contribution in [3.8, 4) is 11.3 Å². The van der Waals surface area contributed by atoms with Crippen molar-refractivity contribution in [3.63, 3.8) is 0 Å². The van der Waals surface area contributed by atoms with E-state index in [1.165, 1.54) is 0 Å². The van der Waals surface area contributed by atoms with Crippen LogP contribution in [0, 0.1) is 0 Å². The van der Waals surface area contributed by atoms with Crippen LogP contribution >= 0.6 is 0 Å². The third-order valence-corrected chi connectivity index (χ3v) is 2.95. The van der Waals surface area contributed by atoms with Crippen LogP contribution in [0.5, 0.6) is 0 Å². The second-order valence-electron chi connectivity index (χ2n) is 4.52. The van der Waals surface area contributed by atoms with Gasteiger partial charge >= 0.3 is 5.97 Å². The Morgan fingerprint density at radius 3 is 2.47 bits per heavy atom. The summed E-state index contributed by atoms with van der Waals surface area (Å²) in [6.07, 6.45) is 3.79. The minimum atomic E-state index is -1.10. The van der Waals surface area contributed by atoms with E-state index in [-0.39, 0.29) is 17.2 Å². The number of aromatic carboxylic acids is 1. The number of nitrogens with zero attached hydrogens (tertiary/aromatic N) is 1. The van der Waals surface area contributed by atoms with Crippen LogP contribution in [0.2, 0.25) is 0 Å². The summed E-state index contributed by atoms with van der Waals surface area (Å²) in [4.78, 5) is 29.2. The molecule has 0 saturated heterocycles. The lowest BCUT2D eigenvalue weighted by Gasteiger charge is -2.09. The van der Waals surface area contributed by atoms with Crippen LogP contribution < -0.4 is 0 Å². The molecule has 0 aliphatic carbocycles. The average Bonchev–Trinajstić information content (AvgIpc) is 2.79. The van der Waals surface area contributed by atoms with Gasteiger partial charge in [0.05, 0.1) is 17.0 Å². The maximum absolute atomic E-state index is 11.4. The van der Waals surface area contributed by atoms with Crippen molar-refractivity contribution in [2.75, 3.05) is 0 Å². The van der Waals surface area contributed by atoms with Gasteiger partial charge in [-0.1, -0.05) is 13.8 Å². The summed E-state index contributed by atoms with van der Waals surface area (Å²) in [5, 5.41) is 9.30. The molecule has 2 rings (SSSR count). The number of nitrogens with one attached hydrogen (secondary N) is 1. The molecule has 0 aliphatic heterocycles. The third kappa shape index (κ3) is 2.27. The molecule has 2 heterocycles. The van der Waals surface area contributed by atoms with Crippen molar-refractivity contribution >= 4 is 12.3 Å². The van der Waals surface area contributed by atoms with E-state index in [2.05, 4.69) is 9.97 Å². The minimum Gasteiger partial charge on any atom is -0.478 e. The number of carbonyl (C=O) groups is 2. The van der Waals surface area contributed by atoms with E-state index in [1.54, 1.807) is 24.5 Å². The van der Waals surface area contributed by atoms with Gasteiger partial charge in [0.25, 0.3) is 0 Å². The van der Waals surface area contributed by atoms with E-state index < -0.39 is 5.97 Å². The summed E-state index contributed by atoms with van der Waals surface area (Å²) in [6.45, 7) is 3.80. The lowest BCUT2D eigenvalue weighted by atomic mass is 9.95. The monoisotopic (exact) mass is 258 g/mol. The molecular weight excluding hydrogens is 244 g/mol. The number of hydrogen-bond donors (Lipinski definition) is 2. The summed E-state index contributed by atoms with van der Waals surface area (Å²) in [5.41, 5.74) is 2.27. The Morgan fingerprint density at radius 1 is 1.37 bits per heavy atom. The topological polar surface area (TPSA) is 83.0 Å². The first-order valence-corrected chi connectivity index (χ1v) is 5.91. The zero-order valence-corrected chi connectivity index (χ0v) is 10.7. The first-order chi connectivity index (χ1) is 9.06. The van der Waals surface area contributed by atoms with Crippen LogP contribution in [0.15, 0.2) is 24.5 Å². The fourth-order valence-electron chi connectivity index (χ4n) is 2.18. The molecule has 0 amide bonds. The number of aldehydes is 1. The molecule has 2 aromatic heterocycles. The predicted molar refractivity (Wildman–Crippen MR) is 70.5 cm³/mol. The van der Waals surface area contributed by atoms with Crippen molar-refractivity contribution in [3.05, 3.63) is 41.3 Å². The average molecular weight is 258 g/mol. The molecular formula is C14H14N2O3. The maximum atomic E-state index is 11.4. The van der Waals surface area contributed by atoms with E-state index in [9.17, 15) is 14.7 Å². The van der Waals surface area contributed by atoms with Crippen molar-refractivity contribution in [1.29, 1.82) is 0 Å². The summed E-state index contributed by atoms with van der Waals surface area (Å²) in [5.74, 6) is -1.11. The van der Waals surface area contributed by atoms with E-state index >= 15 is 0 Å². The Hall–Kier alpha value is -2.43. The molecule has 0 radical (unpaired) electrons. The number of H-pyrrole nitrogens is 1. The highest BCUT2D eigenvalue weighted by molar-refractivity contribution is 6.00. The summed E-state index contributed by atoms with van der Waals surface area (Å²) in [6, 6.07) is 3.55. The Labute approximate surface area is 110 Å². The number of aromatic nitrogens is 2. The van der Waals surface area contributed by atoms with Crippen LogP contribution in [0.4, 0.5) is 0 Å². The standard InChI is InChI=1S/C14H14N2O3/c1-8(2)11-12(14(18)19)10(7-17)16-13(11)9-3-5-15-6-4-9/h3-8,16H,1-2H3,(H,18,19). The van der Waals surface area contributed by atoms with Gasteiger partial charge in [0.15, 0.2) is 6.29 Å². The van der Waals surface area contributed by atoms with Crippen molar-refractivity contribution < 1.29 is 14.7 Å². The third-order valence-electron chi connectivity index (χ3n) is 2.95. The molecule has 0 fully saturated rings. The van der Waals surface area contributed by atoms with Crippen LogP contribution in [-0.4, -0.2) is 27.3 Å². The number of carbonyl (C=O) groups excluding carboxylic acids is 1. The number of carboxylic acids is 1. The summed E-state index contributed by atoms with van der Waals surface area (Å²) < 4.78 is 0. The number of rotatable bonds is 4. The second-order valence-corrected chi connectivity index (χ2v) is 4.52. The van der Waals surface area contributed by atoms with E-state index in [0.717, 1.165) is 5.56 Å². The van der Waals surface area contributed by atoms with Gasteiger partial charge in [0.2, 0.25) is 0 Å². The minimum absolute atomic E-state index is 0.0146. The Balaban J connectivity index is 2.75. The van der Waals surface area contributed by atoms with Gasteiger partial charge in [-0.2, -0.15) is 0 Å². The molecule has 0 bridgehead atoms. The molecule has 19 heavy (non-hydrogen) atoms. The van der Waals surface area contributed by atoms with Gasteiger partial charge in [-0.25, -0.2) is 4.79 Å². The first kappa shape index (κ1) is 13.0. The molecule has 0 saturated carbocycles. The highest BCUT2D eigenvalue weighted by Gasteiger charge is 2.24. The maximum Gasteiger partial charge on any atom is 0.338 e. The molecule has 2 aromatic rings. The number of pyridine rings is 1. The van der Waals surface area contributed by atoms with Crippen LogP contribution in [0.25, 0.3) is 11.3 Å². The lowest BCUT2D eigenvalue weighted by molar-refractivity contribution is 0.0692. The molecule has 0 atom stereocenters. The van der Waals surface area contributed by atoms with Gasteiger partial charge < -0.3 is 10.1 Å². The molecule has 98 valence electrons. The van der Waals surface area contributed by atoms with Gasteiger partial charge in [-0.05, 0) is 23.6 Å². The normalized spacial score (nSPS) is 10.7. The second kappa shape index (κ2) is 5.06. The molecule has 0 unspecified atom stereocenters. The lowest BCUT2D eigenvalue weighted by Crippen LogP contribution is -2.04. The first-order valence-electron chi connectivity index (χ1n) is 5.91. The zero-order chi connectivity index (χ0) is 14.0. The summed E-state index contributed by atoms with van der Waals surface area (Å²) in [7, 11) is 0. The molecule has 2 N–H and O–H groups in total. The van der Waals surface area contributed by atoms with Gasteiger partial charge in [-0.3, -0.25) is 9.78 Å². The van der Waals surface area contributed by atoms with Crippen LogP contribution in [0.3, 0.4) is 0 Å². The largest absolute Gasteiger partial charge is 0.478 e. The number of hydrogen-bond acceptors (Lipinski definition) is 3. The summed E-state index contributed by atoms with van der Waals surface area (Å²) >= 11 is 0. The van der Waals surface area contributed by atoms with Crippen molar-refractivity contribution in [2.24, 2.45) is 0 Å². The van der Waals surface area contributed by atoms with E-state index in [1.807, 2.05) is 13.8 Å². The van der Waals surface area contributed by atoms with Gasteiger partial charge in [0, 0.05) is 18.0 Å². The highest BCUT2D eigenvalue weighted by Crippen LogP contribution is 2.33. The van der Waals surface area contributed by atoms with Gasteiger partial charge in [-0.15, -0.1) is 0 Å². The molecule has 5 heteroatoms. The van der Waals surface area contributed by atoms with Gasteiger partial charge in [0.1, 0.15) is 0 Å². The zero-order valence-electron chi connectivity index (χ0n) is 10.7. The quantitative estimate of drug-likeness (QED) is 0.826. The Morgan fingerprint density at radius 2 is 2.00 bits per heavy atom. The van der Waals surface area contributed by atoms with E-state index in [0.29, 0.717) is 17.5 Å². The van der Waals surface area contributed by atoms with Crippen molar-refractivity contribution in [2.45, 2.75) is 19.8 Å². The number of carboxylic acid groups (broad SMARTS) is 1. The SMILES string of the molecule is CC(C)c1c(-c2ccncc2)[nH]c(C=O)c1C(=O)O. The fraction of sp³-hybridized carbons (Fsp3) is 0.214. The molecule has 0 spiro atoms. The predicted octanol–water partition coefficient (Wildman–Crippen LogP) is 2.71. The Bertz CT molecular complexity index is 615.